The maximum atomic E-state index is 12.3. The van der Waals surface area contributed by atoms with Gasteiger partial charge in [-0.2, -0.15) is 0 Å². The number of anilines is 1. The van der Waals surface area contributed by atoms with E-state index in [2.05, 4.69) is 5.32 Å². The van der Waals surface area contributed by atoms with Crippen LogP contribution in [0.2, 0.25) is 0 Å². The molecule has 1 aliphatic rings. The highest BCUT2D eigenvalue weighted by molar-refractivity contribution is 5.95. The third-order valence-corrected chi connectivity index (χ3v) is 4.78. The van der Waals surface area contributed by atoms with Crippen LogP contribution in [0.25, 0.3) is 0 Å². The molecule has 2 amide bonds. The van der Waals surface area contributed by atoms with Gasteiger partial charge in [-0.3, -0.25) is 24.5 Å². The molecule has 0 aromatic heterocycles. The van der Waals surface area contributed by atoms with E-state index in [4.69, 9.17) is 9.47 Å². The lowest BCUT2D eigenvalue weighted by atomic mass is 10.1. The smallest absolute Gasteiger partial charge is 0.311 e. The van der Waals surface area contributed by atoms with Crippen molar-refractivity contribution in [2.45, 2.75) is 13.0 Å². The average molecular weight is 427 g/mol. The van der Waals surface area contributed by atoms with Gasteiger partial charge in [-0.25, -0.2) is 0 Å². The Morgan fingerprint density at radius 2 is 1.97 bits per heavy atom. The van der Waals surface area contributed by atoms with Crippen LogP contribution in [0, 0.1) is 16.0 Å². The van der Waals surface area contributed by atoms with Gasteiger partial charge in [0.05, 0.1) is 18.0 Å². The molecule has 1 heterocycles. The molecule has 0 unspecified atom stereocenters. The molecule has 0 saturated carbocycles. The molecule has 10 heteroatoms. The molecule has 2 aromatic rings. The lowest BCUT2D eigenvalue weighted by Gasteiger charge is -2.16. The first-order chi connectivity index (χ1) is 14.9. The van der Waals surface area contributed by atoms with Crippen molar-refractivity contribution in [2.24, 2.45) is 5.92 Å². The Bertz CT molecular complexity index is 994. The minimum absolute atomic E-state index is 0.00857. The number of nitro benzene ring substituents is 1. The second-order valence-electron chi connectivity index (χ2n) is 6.96. The molecule has 0 radical (unpaired) electrons. The molecule has 0 spiro atoms. The van der Waals surface area contributed by atoms with E-state index in [1.54, 1.807) is 4.90 Å². The van der Waals surface area contributed by atoms with E-state index in [0.717, 1.165) is 5.56 Å². The number of hydrogen-bond donors (Lipinski definition) is 1. The Morgan fingerprint density at radius 3 is 2.65 bits per heavy atom. The maximum Gasteiger partial charge on any atom is 0.311 e. The molecular weight excluding hydrogens is 406 g/mol. The van der Waals surface area contributed by atoms with Crippen LogP contribution < -0.4 is 10.1 Å². The number of hydrogen-bond acceptors (Lipinski definition) is 7. The molecule has 0 bridgehead atoms. The van der Waals surface area contributed by atoms with Crippen LogP contribution in [-0.2, 0) is 25.7 Å². The molecular formula is C21H21N3O7. The molecule has 162 valence electrons. The van der Waals surface area contributed by atoms with Crippen LogP contribution in [0.15, 0.2) is 48.5 Å². The summed E-state index contributed by atoms with van der Waals surface area (Å²) >= 11 is 0. The highest BCUT2D eigenvalue weighted by atomic mass is 16.6. The number of likely N-dealkylation sites (tertiary alicyclic amines) is 1. The van der Waals surface area contributed by atoms with E-state index in [1.807, 2.05) is 30.3 Å². The number of esters is 1. The van der Waals surface area contributed by atoms with Crippen LogP contribution >= 0.6 is 0 Å². The summed E-state index contributed by atoms with van der Waals surface area (Å²) in [6, 6.07) is 13.3. The van der Waals surface area contributed by atoms with Gasteiger partial charge in [0.15, 0.2) is 6.61 Å². The summed E-state index contributed by atoms with van der Waals surface area (Å²) in [6.07, 6.45) is 0.00857. The fourth-order valence-corrected chi connectivity index (χ4v) is 3.23. The molecule has 10 nitrogen and oxygen atoms in total. The zero-order valence-corrected chi connectivity index (χ0v) is 16.8. The Balaban J connectivity index is 1.53. The molecule has 1 saturated heterocycles. The van der Waals surface area contributed by atoms with Crippen molar-refractivity contribution in [3.05, 3.63) is 64.2 Å². The first kappa shape index (κ1) is 21.8. The summed E-state index contributed by atoms with van der Waals surface area (Å²) in [7, 11) is 1.39. The van der Waals surface area contributed by atoms with Gasteiger partial charge in [-0.1, -0.05) is 30.3 Å². The SMILES string of the molecule is COc1ccc([N+](=O)[O-])c(NC(=O)COC(=O)[C@H]2CC(=O)N(Cc3ccccc3)C2)c1. The minimum Gasteiger partial charge on any atom is -0.497 e. The number of carbonyl (C=O) groups is 3. The number of carbonyl (C=O) groups excluding carboxylic acids is 3. The van der Waals surface area contributed by atoms with E-state index in [1.165, 1.54) is 25.3 Å². The predicted molar refractivity (Wildman–Crippen MR) is 109 cm³/mol. The van der Waals surface area contributed by atoms with Crippen LogP contribution in [0.3, 0.4) is 0 Å². The number of methoxy groups -OCH3 is 1. The van der Waals surface area contributed by atoms with Crippen LogP contribution in [-0.4, -0.2) is 47.9 Å². The minimum atomic E-state index is -0.741. The van der Waals surface area contributed by atoms with Gasteiger partial charge >= 0.3 is 5.97 Å². The number of ether oxygens (including phenoxy) is 2. The van der Waals surface area contributed by atoms with Gasteiger partial charge in [-0.05, 0) is 11.6 Å². The summed E-state index contributed by atoms with van der Waals surface area (Å²) in [5.74, 6) is -1.92. The fraction of sp³-hybridized carbons (Fsp3) is 0.286. The lowest BCUT2D eigenvalue weighted by molar-refractivity contribution is -0.383. The largest absolute Gasteiger partial charge is 0.497 e. The molecule has 2 aromatic carbocycles. The van der Waals surface area contributed by atoms with Crippen molar-refractivity contribution in [3.8, 4) is 5.75 Å². The van der Waals surface area contributed by atoms with Crippen molar-refractivity contribution in [1.82, 2.24) is 4.90 Å². The maximum absolute atomic E-state index is 12.3. The number of rotatable bonds is 8. The van der Waals surface area contributed by atoms with E-state index in [-0.39, 0.29) is 30.2 Å². The fourth-order valence-electron chi connectivity index (χ4n) is 3.23. The lowest BCUT2D eigenvalue weighted by Crippen LogP contribution is -2.28. The number of nitrogens with zero attached hydrogens (tertiary/aromatic N) is 2. The first-order valence-corrected chi connectivity index (χ1v) is 9.48. The van der Waals surface area contributed by atoms with E-state index in [0.29, 0.717) is 12.3 Å². The van der Waals surface area contributed by atoms with Gasteiger partial charge in [0.2, 0.25) is 5.91 Å². The van der Waals surface area contributed by atoms with Gasteiger partial charge in [0.1, 0.15) is 11.4 Å². The molecule has 1 fully saturated rings. The van der Waals surface area contributed by atoms with Crippen LogP contribution in [0.1, 0.15) is 12.0 Å². The first-order valence-electron chi connectivity index (χ1n) is 9.48. The number of nitro groups is 1. The Hall–Kier alpha value is -3.95. The summed E-state index contributed by atoms with van der Waals surface area (Å²) < 4.78 is 10.0. The molecule has 1 atom stereocenters. The second-order valence-corrected chi connectivity index (χ2v) is 6.96. The highest BCUT2D eigenvalue weighted by Gasteiger charge is 2.35. The Labute approximate surface area is 177 Å². The van der Waals surface area contributed by atoms with Crippen LogP contribution in [0.4, 0.5) is 11.4 Å². The summed E-state index contributed by atoms with van der Waals surface area (Å²) in [5.41, 5.74) is 0.554. The monoisotopic (exact) mass is 427 g/mol. The standard InChI is InChI=1S/C21H21N3O7/c1-30-16-7-8-18(24(28)29)17(10-16)22-19(25)13-31-21(27)15-9-20(26)23(12-15)11-14-5-3-2-4-6-14/h2-8,10,15H,9,11-13H2,1H3,(H,22,25)/t15-/m0/s1. The highest BCUT2D eigenvalue weighted by Crippen LogP contribution is 2.29. The van der Waals surface area contributed by atoms with Crippen molar-refractivity contribution in [1.29, 1.82) is 0 Å². The van der Waals surface area contributed by atoms with Gasteiger partial charge in [0, 0.05) is 31.6 Å². The Kier molecular flexibility index (Phi) is 6.81. The van der Waals surface area contributed by atoms with E-state index >= 15 is 0 Å². The topological polar surface area (TPSA) is 128 Å². The number of amides is 2. The summed E-state index contributed by atoms with van der Waals surface area (Å²) in [6.45, 7) is -0.0322. The van der Waals surface area contributed by atoms with Crippen molar-refractivity contribution >= 4 is 29.2 Å². The predicted octanol–water partition coefficient (Wildman–Crippen LogP) is 2.13. The van der Waals surface area contributed by atoms with Gasteiger partial charge in [0.25, 0.3) is 11.6 Å². The molecule has 31 heavy (non-hydrogen) atoms. The quantitative estimate of drug-likeness (QED) is 0.388. The van der Waals surface area contributed by atoms with Crippen molar-refractivity contribution in [2.75, 3.05) is 25.6 Å². The normalized spacial score (nSPS) is 15.5. The third kappa shape index (κ3) is 5.56. The summed E-state index contributed by atoms with van der Waals surface area (Å²) in [5, 5.41) is 13.5. The Morgan fingerprint density at radius 1 is 1.23 bits per heavy atom. The summed E-state index contributed by atoms with van der Waals surface area (Å²) in [4.78, 5) is 48.7. The zero-order chi connectivity index (χ0) is 22.4. The van der Waals surface area contributed by atoms with Crippen molar-refractivity contribution in [3.63, 3.8) is 0 Å². The van der Waals surface area contributed by atoms with Gasteiger partial charge < -0.3 is 19.7 Å². The van der Waals surface area contributed by atoms with Crippen molar-refractivity contribution < 1.29 is 28.8 Å². The number of nitrogens with one attached hydrogen (secondary N) is 1. The zero-order valence-electron chi connectivity index (χ0n) is 16.8. The van der Waals surface area contributed by atoms with Gasteiger partial charge in [-0.15, -0.1) is 0 Å². The third-order valence-electron chi connectivity index (χ3n) is 4.78. The van der Waals surface area contributed by atoms with E-state index < -0.39 is 29.3 Å². The molecule has 3 rings (SSSR count). The molecule has 1 N–H and O–H groups in total. The van der Waals surface area contributed by atoms with E-state index in [9.17, 15) is 24.5 Å². The number of benzene rings is 2. The molecule has 0 aliphatic carbocycles. The second kappa shape index (κ2) is 9.70. The molecule has 1 aliphatic heterocycles. The average Bonchev–Trinajstić information content (AvgIpc) is 3.12. The van der Waals surface area contributed by atoms with Crippen LogP contribution in [0.5, 0.6) is 5.75 Å².